The van der Waals surface area contributed by atoms with Gasteiger partial charge in [0.05, 0.1) is 25.9 Å². The molecule has 0 aliphatic carbocycles. The molecule has 1 aromatic heterocycles. The minimum Gasteiger partial charge on any atom is -0.382 e. The smallest absolute Gasteiger partial charge is 0.0701 e. The molecule has 1 atom stereocenters. The topological polar surface area (TPSA) is 30.5 Å². The normalized spacial score (nSPS) is 12.9. The molecule has 0 saturated carbocycles. The van der Waals surface area contributed by atoms with Crippen LogP contribution >= 0.6 is 11.3 Å². The average molecular weight is 279 g/mol. The summed E-state index contributed by atoms with van der Waals surface area (Å²) in [5.41, 5.74) is 1.33. The van der Waals surface area contributed by atoms with E-state index in [0.717, 1.165) is 6.54 Å². The van der Waals surface area contributed by atoms with Gasteiger partial charge in [0.15, 0.2) is 0 Å². The second kappa shape index (κ2) is 7.60. The summed E-state index contributed by atoms with van der Waals surface area (Å²) in [5, 5.41) is 6.95. The summed E-state index contributed by atoms with van der Waals surface area (Å²) in [5.74, 6) is 0. The molecule has 1 aromatic carbocycles. The van der Waals surface area contributed by atoms with Crippen molar-refractivity contribution in [2.24, 2.45) is 0 Å². The van der Waals surface area contributed by atoms with Gasteiger partial charge in [-0.25, -0.2) is 0 Å². The zero-order valence-electron chi connectivity index (χ0n) is 11.5. The minimum absolute atomic E-state index is 0.240. The van der Waals surface area contributed by atoms with Crippen molar-refractivity contribution in [1.82, 2.24) is 5.32 Å². The average Bonchev–Trinajstić information content (AvgIpc) is 2.90. The maximum atomic E-state index is 5.69. The number of methoxy groups -OCH3 is 1. The zero-order valence-corrected chi connectivity index (χ0v) is 12.3. The van der Waals surface area contributed by atoms with Crippen LogP contribution in [0.5, 0.6) is 0 Å². The second-order valence-corrected chi connectivity index (χ2v) is 5.28. The van der Waals surface area contributed by atoms with Gasteiger partial charge in [0.25, 0.3) is 0 Å². The Hall–Kier alpha value is -0.940. The van der Waals surface area contributed by atoms with E-state index in [2.05, 4.69) is 41.9 Å². The van der Waals surface area contributed by atoms with E-state index < -0.39 is 0 Å². The summed E-state index contributed by atoms with van der Waals surface area (Å²) in [4.78, 5) is 0. The van der Waals surface area contributed by atoms with Crippen LogP contribution in [-0.4, -0.2) is 33.5 Å². The Morgan fingerprint density at radius 1 is 1.26 bits per heavy atom. The van der Waals surface area contributed by atoms with Gasteiger partial charge in [-0.2, -0.15) is 0 Å². The van der Waals surface area contributed by atoms with Crippen LogP contribution in [0.3, 0.4) is 0 Å². The monoisotopic (exact) mass is 279 g/mol. The molecule has 0 aliphatic rings. The van der Waals surface area contributed by atoms with E-state index in [4.69, 9.17) is 9.47 Å². The third-order valence-corrected chi connectivity index (χ3v) is 4.03. The number of likely N-dealkylation sites (N-methyl/N-ethyl adjacent to an activating group) is 1. The standard InChI is InChI=1S/C15H21NO2S/c1-3-16-14(11-18-9-8-17-2)13-6-4-5-12-7-10-19-15(12)13/h4-7,10,14,16H,3,8-9,11H2,1-2H3. The largest absolute Gasteiger partial charge is 0.382 e. The molecule has 1 N–H and O–H groups in total. The Bertz CT molecular complexity index is 498. The van der Waals surface area contributed by atoms with Gasteiger partial charge in [0, 0.05) is 11.8 Å². The van der Waals surface area contributed by atoms with Crippen LogP contribution in [0.2, 0.25) is 0 Å². The summed E-state index contributed by atoms with van der Waals surface area (Å²) in [6.07, 6.45) is 0. The van der Waals surface area contributed by atoms with Crippen molar-refractivity contribution in [3.63, 3.8) is 0 Å². The van der Waals surface area contributed by atoms with Crippen molar-refractivity contribution in [2.45, 2.75) is 13.0 Å². The molecule has 0 spiro atoms. The maximum absolute atomic E-state index is 5.69. The summed E-state index contributed by atoms with van der Waals surface area (Å²) in [7, 11) is 1.69. The Morgan fingerprint density at radius 2 is 2.16 bits per heavy atom. The van der Waals surface area contributed by atoms with Gasteiger partial charge in [0.2, 0.25) is 0 Å². The van der Waals surface area contributed by atoms with Crippen molar-refractivity contribution in [2.75, 3.05) is 33.5 Å². The van der Waals surface area contributed by atoms with Crippen LogP contribution in [-0.2, 0) is 9.47 Å². The fourth-order valence-corrected chi connectivity index (χ4v) is 3.11. The molecule has 0 fully saturated rings. The third kappa shape index (κ3) is 3.76. The number of rotatable bonds is 8. The van der Waals surface area contributed by atoms with E-state index >= 15 is 0 Å². The van der Waals surface area contributed by atoms with E-state index in [1.807, 2.05) is 0 Å². The molecule has 0 saturated heterocycles. The summed E-state index contributed by atoms with van der Waals surface area (Å²) in [6.45, 7) is 5.01. The number of ether oxygens (including phenoxy) is 2. The van der Waals surface area contributed by atoms with Crippen molar-refractivity contribution in [3.05, 3.63) is 35.2 Å². The molecule has 0 bridgehead atoms. The van der Waals surface area contributed by atoms with Crippen LogP contribution in [0.4, 0.5) is 0 Å². The number of nitrogens with one attached hydrogen (secondary N) is 1. The molecule has 0 aliphatic heterocycles. The molecule has 2 rings (SSSR count). The molecule has 1 heterocycles. The molecule has 104 valence electrons. The molecule has 2 aromatic rings. The Kier molecular flexibility index (Phi) is 5.79. The van der Waals surface area contributed by atoms with E-state index in [1.54, 1.807) is 18.4 Å². The molecule has 19 heavy (non-hydrogen) atoms. The number of benzene rings is 1. The van der Waals surface area contributed by atoms with Gasteiger partial charge in [-0.15, -0.1) is 11.3 Å². The zero-order chi connectivity index (χ0) is 13.5. The second-order valence-electron chi connectivity index (χ2n) is 4.36. The van der Waals surface area contributed by atoms with E-state index in [0.29, 0.717) is 19.8 Å². The van der Waals surface area contributed by atoms with Gasteiger partial charge in [-0.3, -0.25) is 0 Å². The first-order chi connectivity index (χ1) is 9.36. The van der Waals surface area contributed by atoms with Crippen molar-refractivity contribution in [3.8, 4) is 0 Å². The summed E-state index contributed by atoms with van der Waals surface area (Å²) < 4.78 is 12.0. The van der Waals surface area contributed by atoms with E-state index in [-0.39, 0.29) is 6.04 Å². The van der Waals surface area contributed by atoms with Crippen LogP contribution in [0.1, 0.15) is 18.5 Å². The molecular weight excluding hydrogens is 258 g/mol. The number of thiophene rings is 1. The summed E-state index contributed by atoms with van der Waals surface area (Å²) in [6, 6.07) is 8.86. The van der Waals surface area contributed by atoms with Crippen LogP contribution < -0.4 is 5.32 Å². The fraction of sp³-hybridized carbons (Fsp3) is 0.467. The lowest BCUT2D eigenvalue weighted by Crippen LogP contribution is -2.26. The predicted octanol–water partition coefficient (Wildman–Crippen LogP) is 3.21. The first-order valence-electron chi connectivity index (χ1n) is 6.63. The van der Waals surface area contributed by atoms with Crippen molar-refractivity contribution >= 4 is 21.4 Å². The predicted molar refractivity (Wildman–Crippen MR) is 80.9 cm³/mol. The molecule has 0 amide bonds. The lowest BCUT2D eigenvalue weighted by molar-refractivity contribution is 0.0590. The maximum Gasteiger partial charge on any atom is 0.0701 e. The Labute approximate surface area is 118 Å². The number of hydrogen-bond acceptors (Lipinski definition) is 4. The quantitative estimate of drug-likeness (QED) is 0.753. The van der Waals surface area contributed by atoms with E-state index in [9.17, 15) is 0 Å². The van der Waals surface area contributed by atoms with Crippen molar-refractivity contribution in [1.29, 1.82) is 0 Å². The van der Waals surface area contributed by atoms with Crippen LogP contribution in [0.25, 0.3) is 10.1 Å². The number of hydrogen-bond donors (Lipinski definition) is 1. The molecule has 3 nitrogen and oxygen atoms in total. The van der Waals surface area contributed by atoms with Gasteiger partial charge < -0.3 is 14.8 Å². The Morgan fingerprint density at radius 3 is 2.95 bits per heavy atom. The van der Waals surface area contributed by atoms with Gasteiger partial charge in [-0.05, 0) is 28.9 Å². The fourth-order valence-electron chi connectivity index (χ4n) is 2.14. The Balaban J connectivity index is 2.11. The first kappa shape index (κ1) is 14.5. The van der Waals surface area contributed by atoms with Gasteiger partial charge >= 0.3 is 0 Å². The first-order valence-corrected chi connectivity index (χ1v) is 7.51. The minimum atomic E-state index is 0.240. The highest BCUT2D eigenvalue weighted by Gasteiger charge is 2.14. The molecule has 1 unspecified atom stereocenters. The number of fused-ring (bicyclic) bond motifs is 1. The third-order valence-electron chi connectivity index (χ3n) is 3.05. The summed E-state index contributed by atoms with van der Waals surface area (Å²) >= 11 is 1.79. The molecular formula is C15H21NO2S. The lowest BCUT2D eigenvalue weighted by atomic mass is 10.1. The molecule has 0 radical (unpaired) electrons. The van der Waals surface area contributed by atoms with E-state index in [1.165, 1.54) is 15.6 Å². The molecule has 4 heteroatoms. The highest BCUT2D eigenvalue weighted by Crippen LogP contribution is 2.29. The van der Waals surface area contributed by atoms with Gasteiger partial charge in [0.1, 0.15) is 0 Å². The highest BCUT2D eigenvalue weighted by atomic mass is 32.1. The SMILES string of the molecule is CCNC(COCCOC)c1cccc2ccsc12. The van der Waals surface area contributed by atoms with Crippen molar-refractivity contribution < 1.29 is 9.47 Å². The highest BCUT2D eigenvalue weighted by molar-refractivity contribution is 7.17. The van der Waals surface area contributed by atoms with Crippen LogP contribution in [0, 0.1) is 0 Å². The lowest BCUT2D eigenvalue weighted by Gasteiger charge is -2.19. The van der Waals surface area contributed by atoms with Gasteiger partial charge in [-0.1, -0.05) is 25.1 Å². The van der Waals surface area contributed by atoms with Crippen LogP contribution in [0.15, 0.2) is 29.6 Å².